The predicted octanol–water partition coefficient (Wildman–Crippen LogP) is 1.31. The van der Waals surface area contributed by atoms with Crippen LogP contribution in [0.15, 0.2) is 0 Å². The highest BCUT2D eigenvalue weighted by molar-refractivity contribution is 6.28. The van der Waals surface area contributed by atoms with Crippen LogP contribution in [0.5, 0.6) is 0 Å². The van der Waals surface area contributed by atoms with Crippen molar-refractivity contribution >= 4 is 23.5 Å². The van der Waals surface area contributed by atoms with Crippen molar-refractivity contribution in [3.05, 3.63) is 5.28 Å². The number of aromatic nitrogens is 3. The fraction of sp³-hybridized carbons (Fsp3) is 0.727. The fourth-order valence-electron chi connectivity index (χ4n) is 2.29. The Bertz CT molecular complexity index is 401. The van der Waals surface area contributed by atoms with Gasteiger partial charge in [0.1, 0.15) is 0 Å². The molecule has 0 aromatic carbocycles. The van der Waals surface area contributed by atoms with Crippen molar-refractivity contribution in [3.63, 3.8) is 0 Å². The van der Waals surface area contributed by atoms with Gasteiger partial charge in [-0.05, 0) is 37.3 Å². The summed E-state index contributed by atoms with van der Waals surface area (Å²) in [5.74, 6) is 1.07. The molecule has 2 heterocycles. The van der Waals surface area contributed by atoms with Gasteiger partial charge >= 0.3 is 0 Å². The molecule has 18 heavy (non-hydrogen) atoms. The number of piperidine rings is 1. The number of aliphatic hydroxyl groups is 1. The minimum atomic E-state index is 0.179. The first-order valence-electron chi connectivity index (χ1n) is 6.21. The molecular formula is C11H18ClN5O. The molecule has 0 radical (unpaired) electrons. The first kappa shape index (κ1) is 13.3. The zero-order chi connectivity index (χ0) is 13.0. The van der Waals surface area contributed by atoms with Crippen LogP contribution in [0.3, 0.4) is 0 Å². The Morgan fingerprint density at radius 1 is 1.39 bits per heavy atom. The molecule has 2 N–H and O–H groups in total. The fourth-order valence-corrected chi connectivity index (χ4v) is 2.45. The van der Waals surface area contributed by atoms with Crippen LogP contribution in [0.25, 0.3) is 0 Å². The molecule has 0 bridgehead atoms. The maximum absolute atomic E-state index is 9.12. The van der Waals surface area contributed by atoms with Gasteiger partial charge in [0.25, 0.3) is 0 Å². The lowest BCUT2D eigenvalue weighted by Crippen LogP contribution is -2.41. The van der Waals surface area contributed by atoms with Crippen molar-refractivity contribution in [2.75, 3.05) is 30.4 Å². The maximum atomic E-state index is 9.12. The highest BCUT2D eigenvalue weighted by atomic mass is 35.5. The van der Waals surface area contributed by atoms with Crippen molar-refractivity contribution in [2.24, 2.45) is 0 Å². The predicted molar refractivity (Wildman–Crippen MR) is 71.1 cm³/mol. The Labute approximate surface area is 111 Å². The van der Waals surface area contributed by atoms with E-state index >= 15 is 0 Å². The third-order valence-corrected chi connectivity index (χ3v) is 3.34. The van der Waals surface area contributed by atoms with Gasteiger partial charge in [0.15, 0.2) is 0 Å². The smallest absolute Gasteiger partial charge is 0.231 e. The summed E-state index contributed by atoms with van der Waals surface area (Å²) in [5, 5.41) is 12.2. The summed E-state index contributed by atoms with van der Waals surface area (Å²) >= 11 is 5.89. The van der Waals surface area contributed by atoms with Crippen LogP contribution < -0.4 is 10.2 Å². The summed E-state index contributed by atoms with van der Waals surface area (Å²) in [4.78, 5) is 14.6. The molecule has 1 atom stereocenters. The van der Waals surface area contributed by atoms with Crippen molar-refractivity contribution in [1.82, 2.24) is 15.0 Å². The highest BCUT2D eigenvalue weighted by Crippen LogP contribution is 2.24. The average Bonchev–Trinajstić information content (AvgIpc) is 2.39. The van der Waals surface area contributed by atoms with E-state index in [0.717, 1.165) is 25.8 Å². The quantitative estimate of drug-likeness (QED) is 0.860. The van der Waals surface area contributed by atoms with E-state index in [0.29, 0.717) is 11.9 Å². The second kappa shape index (κ2) is 6.15. The van der Waals surface area contributed by atoms with Gasteiger partial charge in [-0.25, -0.2) is 0 Å². The molecule has 1 fully saturated rings. The molecule has 1 aromatic heterocycles. The third-order valence-electron chi connectivity index (χ3n) is 3.17. The summed E-state index contributed by atoms with van der Waals surface area (Å²) in [5.41, 5.74) is 0. The number of nitrogens with one attached hydrogen (secondary N) is 1. The number of halogens is 1. The Hall–Kier alpha value is -1.14. The largest absolute Gasteiger partial charge is 0.396 e. The zero-order valence-corrected chi connectivity index (χ0v) is 11.2. The lowest BCUT2D eigenvalue weighted by atomic mass is 10.0. The zero-order valence-electron chi connectivity index (χ0n) is 10.4. The van der Waals surface area contributed by atoms with E-state index in [2.05, 4.69) is 25.2 Å². The van der Waals surface area contributed by atoms with E-state index in [-0.39, 0.29) is 17.9 Å². The van der Waals surface area contributed by atoms with Gasteiger partial charge in [-0.15, -0.1) is 0 Å². The molecule has 1 unspecified atom stereocenters. The first-order chi connectivity index (χ1) is 8.74. The molecule has 7 heteroatoms. The summed E-state index contributed by atoms with van der Waals surface area (Å²) < 4.78 is 0. The van der Waals surface area contributed by atoms with Crippen molar-refractivity contribution in [3.8, 4) is 0 Å². The lowest BCUT2D eigenvalue weighted by Gasteiger charge is -2.35. The van der Waals surface area contributed by atoms with Gasteiger partial charge in [0.05, 0.1) is 0 Å². The van der Waals surface area contributed by atoms with Crippen LogP contribution in [-0.2, 0) is 0 Å². The van der Waals surface area contributed by atoms with E-state index in [1.165, 1.54) is 6.42 Å². The summed E-state index contributed by atoms with van der Waals surface area (Å²) in [7, 11) is 1.75. The molecule has 2 rings (SSSR count). The number of hydrogen-bond acceptors (Lipinski definition) is 6. The van der Waals surface area contributed by atoms with E-state index < -0.39 is 0 Å². The van der Waals surface area contributed by atoms with Crippen molar-refractivity contribution in [1.29, 1.82) is 0 Å². The second-order valence-corrected chi connectivity index (χ2v) is 4.67. The van der Waals surface area contributed by atoms with E-state index in [9.17, 15) is 0 Å². The Morgan fingerprint density at radius 2 is 2.22 bits per heavy atom. The van der Waals surface area contributed by atoms with Gasteiger partial charge in [-0.1, -0.05) is 0 Å². The van der Waals surface area contributed by atoms with Gasteiger partial charge < -0.3 is 15.3 Å². The number of rotatable bonds is 4. The van der Waals surface area contributed by atoms with Crippen LogP contribution in [0.4, 0.5) is 11.9 Å². The van der Waals surface area contributed by atoms with Gasteiger partial charge in [0, 0.05) is 26.2 Å². The lowest BCUT2D eigenvalue weighted by molar-refractivity contribution is 0.261. The van der Waals surface area contributed by atoms with E-state index in [1.807, 2.05) is 0 Å². The maximum Gasteiger partial charge on any atom is 0.231 e. The van der Waals surface area contributed by atoms with Gasteiger partial charge in [0.2, 0.25) is 17.2 Å². The Kier molecular flexibility index (Phi) is 4.54. The van der Waals surface area contributed by atoms with Gasteiger partial charge in [-0.2, -0.15) is 15.0 Å². The molecular weight excluding hydrogens is 254 g/mol. The number of aliphatic hydroxyl groups excluding tert-OH is 1. The number of anilines is 2. The van der Waals surface area contributed by atoms with Crippen molar-refractivity contribution in [2.45, 2.75) is 31.7 Å². The minimum Gasteiger partial charge on any atom is -0.396 e. The molecule has 0 spiro atoms. The molecule has 0 amide bonds. The molecule has 0 aliphatic carbocycles. The second-order valence-electron chi connectivity index (χ2n) is 4.33. The van der Waals surface area contributed by atoms with E-state index in [1.54, 1.807) is 7.05 Å². The molecule has 6 nitrogen and oxygen atoms in total. The molecule has 1 aliphatic rings. The normalized spacial score (nSPS) is 19.9. The standard InChI is InChI=1S/C11H18ClN5O/c1-13-10-14-9(12)15-11(16-10)17-6-3-2-4-8(17)5-7-18/h8,18H,2-7H2,1H3,(H,13,14,15,16). The van der Waals surface area contributed by atoms with Gasteiger partial charge in [-0.3, -0.25) is 0 Å². The van der Waals surface area contributed by atoms with Crippen LogP contribution in [0.1, 0.15) is 25.7 Å². The van der Waals surface area contributed by atoms with Crippen LogP contribution in [-0.4, -0.2) is 46.3 Å². The van der Waals surface area contributed by atoms with Crippen LogP contribution in [0.2, 0.25) is 5.28 Å². The number of hydrogen-bond donors (Lipinski definition) is 2. The molecule has 1 saturated heterocycles. The highest BCUT2D eigenvalue weighted by Gasteiger charge is 2.24. The van der Waals surface area contributed by atoms with Crippen LogP contribution >= 0.6 is 11.6 Å². The summed E-state index contributed by atoms with van der Waals surface area (Å²) in [6.45, 7) is 1.08. The molecule has 1 aromatic rings. The summed E-state index contributed by atoms with van der Waals surface area (Å²) in [6, 6.07) is 0.284. The Morgan fingerprint density at radius 3 is 2.94 bits per heavy atom. The minimum absolute atomic E-state index is 0.179. The average molecular weight is 272 g/mol. The summed E-state index contributed by atoms with van der Waals surface area (Å²) in [6.07, 6.45) is 4.08. The Balaban J connectivity index is 2.24. The van der Waals surface area contributed by atoms with E-state index in [4.69, 9.17) is 16.7 Å². The monoisotopic (exact) mass is 271 g/mol. The van der Waals surface area contributed by atoms with Crippen molar-refractivity contribution < 1.29 is 5.11 Å². The molecule has 1 aliphatic heterocycles. The van der Waals surface area contributed by atoms with Crippen LogP contribution in [0, 0.1) is 0 Å². The molecule has 0 saturated carbocycles. The molecule has 100 valence electrons. The topological polar surface area (TPSA) is 74.2 Å². The SMILES string of the molecule is CNc1nc(Cl)nc(N2CCCCC2CCO)n1. The third kappa shape index (κ3) is 3.00. The number of nitrogens with zero attached hydrogens (tertiary/aromatic N) is 4. The first-order valence-corrected chi connectivity index (χ1v) is 6.59.